The number of anilines is 1. The zero-order chi connectivity index (χ0) is 20.3. The zero-order valence-electron chi connectivity index (χ0n) is 16.4. The third-order valence-electron chi connectivity index (χ3n) is 4.59. The van der Waals surface area contributed by atoms with Crippen molar-refractivity contribution in [3.63, 3.8) is 0 Å². The molecule has 0 spiro atoms. The second-order valence-electron chi connectivity index (χ2n) is 7.50. The van der Waals surface area contributed by atoms with Gasteiger partial charge in [0.15, 0.2) is 17.5 Å². The molecule has 0 radical (unpaired) electrons. The molecule has 0 fully saturated rings. The number of carbonyl (C=O) groups is 1. The van der Waals surface area contributed by atoms with Crippen LogP contribution < -0.4 is 5.32 Å². The highest BCUT2D eigenvalue weighted by Gasteiger charge is 2.15. The summed E-state index contributed by atoms with van der Waals surface area (Å²) >= 11 is 0. The van der Waals surface area contributed by atoms with Gasteiger partial charge in [-0.25, -0.2) is 13.8 Å². The van der Waals surface area contributed by atoms with Gasteiger partial charge < -0.3 is 5.32 Å². The van der Waals surface area contributed by atoms with E-state index in [1.807, 2.05) is 13.8 Å². The molecule has 0 aliphatic carbocycles. The van der Waals surface area contributed by atoms with Crippen LogP contribution in [0.25, 0.3) is 16.7 Å². The fourth-order valence-electron chi connectivity index (χ4n) is 3.28. The second kappa shape index (κ2) is 8.58. The minimum absolute atomic E-state index is 0.314. The number of fused-ring (bicyclic) bond motifs is 3. The van der Waals surface area contributed by atoms with E-state index < -0.39 is 11.6 Å². The molecule has 3 rings (SSSR count). The zero-order valence-corrected chi connectivity index (χ0v) is 16.4. The summed E-state index contributed by atoms with van der Waals surface area (Å²) < 4.78 is 29.0. The number of rotatable bonds is 9. The first-order valence-corrected chi connectivity index (χ1v) is 9.63. The standard InChI is InChI=1S/C20H25F2N5O/c1-12(2)9-14(28)7-5-4-6-8-23-19-20-26-25-13(3)27(20)18-11-16(22)15(21)10-17(18)24-19/h10-12H,4-9H2,1-3H3,(H,23,24). The van der Waals surface area contributed by atoms with E-state index in [-0.39, 0.29) is 0 Å². The molecular formula is C20H25F2N5O. The molecule has 0 saturated carbocycles. The molecule has 1 N–H and O–H groups in total. The predicted molar refractivity (Wildman–Crippen MR) is 104 cm³/mol. The van der Waals surface area contributed by atoms with Crippen LogP contribution in [-0.4, -0.2) is 31.9 Å². The van der Waals surface area contributed by atoms with Gasteiger partial charge in [-0.15, -0.1) is 10.2 Å². The number of benzene rings is 1. The number of carbonyl (C=O) groups excluding carboxylic acids is 1. The molecule has 0 atom stereocenters. The Morgan fingerprint density at radius 3 is 2.64 bits per heavy atom. The Morgan fingerprint density at radius 1 is 1.14 bits per heavy atom. The Balaban J connectivity index is 1.66. The minimum Gasteiger partial charge on any atom is -0.367 e. The molecule has 0 aliphatic rings. The molecule has 28 heavy (non-hydrogen) atoms. The Morgan fingerprint density at radius 2 is 1.89 bits per heavy atom. The fourth-order valence-corrected chi connectivity index (χ4v) is 3.28. The first kappa shape index (κ1) is 20.1. The van der Waals surface area contributed by atoms with Crippen molar-refractivity contribution in [3.05, 3.63) is 29.6 Å². The number of nitrogens with zero attached hydrogens (tertiary/aromatic N) is 4. The van der Waals surface area contributed by atoms with Crippen molar-refractivity contribution in [3.8, 4) is 0 Å². The minimum atomic E-state index is -0.943. The number of nitrogens with one attached hydrogen (secondary N) is 1. The smallest absolute Gasteiger partial charge is 0.204 e. The van der Waals surface area contributed by atoms with E-state index in [4.69, 9.17) is 0 Å². The summed E-state index contributed by atoms with van der Waals surface area (Å²) in [5.41, 5.74) is 1.23. The molecule has 2 heterocycles. The Bertz CT molecular complexity index is 999. The van der Waals surface area contributed by atoms with E-state index in [1.165, 1.54) is 0 Å². The van der Waals surface area contributed by atoms with Crippen LogP contribution in [0.4, 0.5) is 14.6 Å². The van der Waals surface area contributed by atoms with Crippen molar-refractivity contribution in [2.45, 2.75) is 52.9 Å². The summed E-state index contributed by atoms with van der Waals surface area (Å²) in [6.45, 7) is 6.48. The molecule has 0 bridgehead atoms. The van der Waals surface area contributed by atoms with Gasteiger partial charge in [-0.3, -0.25) is 9.20 Å². The second-order valence-corrected chi connectivity index (χ2v) is 7.50. The van der Waals surface area contributed by atoms with Crippen molar-refractivity contribution in [2.24, 2.45) is 5.92 Å². The van der Waals surface area contributed by atoms with Crippen LogP contribution in [0.3, 0.4) is 0 Å². The van der Waals surface area contributed by atoms with Gasteiger partial charge in [0.1, 0.15) is 11.6 Å². The normalized spacial score (nSPS) is 11.6. The highest BCUT2D eigenvalue weighted by atomic mass is 19.2. The van der Waals surface area contributed by atoms with Gasteiger partial charge in [-0.2, -0.15) is 0 Å². The van der Waals surface area contributed by atoms with E-state index in [0.29, 0.717) is 59.4 Å². The van der Waals surface area contributed by atoms with Gasteiger partial charge in [0.2, 0.25) is 5.65 Å². The number of halogens is 2. The van der Waals surface area contributed by atoms with E-state index in [2.05, 4.69) is 20.5 Å². The van der Waals surface area contributed by atoms with E-state index in [1.54, 1.807) is 11.3 Å². The highest BCUT2D eigenvalue weighted by Crippen LogP contribution is 2.24. The number of hydrogen-bond donors (Lipinski definition) is 1. The van der Waals surface area contributed by atoms with E-state index in [9.17, 15) is 13.6 Å². The van der Waals surface area contributed by atoms with Gasteiger partial charge in [-0.1, -0.05) is 20.3 Å². The van der Waals surface area contributed by atoms with Crippen LogP contribution in [0.2, 0.25) is 0 Å². The first-order chi connectivity index (χ1) is 13.4. The van der Waals surface area contributed by atoms with Crippen molar-refractivity contribution in [1.82, 2.24) is 19.6 Å². The monoisotopic (exact) mass is 389 g/mol. The van der Waals surface area contributed by atoms with Crippen LogP contribution in [0.15, 0.2) is 12.1 Å². The van der Waals surface area contributed by atoms with E-state index in [0.717, 1.165) is 31.4 Å². The molecule has 2 aromatic heterocycles. The quantitative estimate of drug-likeness (QED) is 0.547. The fraction of sp³-hybridized carbons (Fsp3) is 0.500. The lowest BCUT2D eigenvalue weighted by molar-refractivity contribution is -0.119. The summed E-state index contributed by atoms with van der Waals surface area (Å²) in [4.78, 5) is 16.1. The van der Waals surface area contributed by atoms with Crippen molar-refractivity contribution < 1.29 is 13.6 Å². The summed E-state index contributed by atoms with van der Waals surface area (Å²) in [7, 11) is 0. The maximum atomic E-state index is 13.7. The van der Waals surface area contributed by atoms with Gasteiger partial charge in [0, 0.05) is 31.5 Å². The number of aromatic nitrogens is 4. The van der Waals surface area contributed by atoms with Gasteiger partial charge >= 0.3 is 0 Å². The number of ketones is 1. The largest absolute Gasteiger partial charge is 0.367 e. The Hall–Kier alpha value is -2.64. The summed E-state index contributed by atoms with van der Waals surface area (Å²) in [6, 6.07) is 2.19. The van der Waals surface area contributed by atoms with Crippen LogP contribution in [0.5, 0.6) is 0 Å². The number of hydrogen-bond acceptors (Lipinski definition) is 5. The third-order valence-corrected chi connectivity index (χ3v) is 4.59. The molecule has 0 unspecified atom stereocenters. The van der Waals surface area contributed by atoms with Crippen LogP contribution in [0.1, 0.15) is 51.8 Å². The molecule has 0 amide bonds. The molecule has 3 aromatic rings. The Labute approximate surface area is 162 Å². The lowest BCUT2D eigenvalue weighted by Gasteiger charge is -2.10. The highest BCUT2D eigenvalue weighted by molar-refractivity contribution is 5.83. The average Bonchev–Trinajstić information content (AvgIpc) is 3.01. The first-order valence-electron chi connectivity index (χ1n) is 9.63. The van der Waals surface area contributed by atoms with Crippen molar-refractivity contribution >= 4 is 28.3 Å². The molecule has 6 nitrogen and oxygen atoms in total. The van der Waals surface area contributed by atoms with Crippen LogP contribution in [-0.2, 0) is 4.79 Å². The summed E-state index contributed by atoms with van der Waals surface area (Å²) in [5.74, 6) is -0.108. The molecule has 1 aromatic carbocycles. The summed E-state index contributed by atoms with van der Waals surface area (Å²) in [5, 5.41) is 11.4. The third kappa shape index (κ3) is 4.43. The van der Waals surface area contributed by atoms with Crippen LogP contribution in [0, 0.1) is 24.5 Å². The molecule has 8 heteroatoms. The Kier molecular flexibility index (Phi) is 6.16. The topological polar surface area (TPSA) is 72.2 Å². The number of unbranched alkanes of at least 4 members (excludes halogenated alkanes) is 2. The van der Waals surface area contributed by atoms with Crippen molar-refractivity contribution in [1.29, 1.82) is 0 Å². The van der Waals surface area contributed by atoms with Crippen LogP contribution >= 0.6 is 0 Å². The molecule has 150 valence electrons. The molecule has 0 saturated heterocycles. The lowest BCUT2D eigenvalue weighted by Crippen LogP contribution is -2.08. The maximum Gasteiger partial charge on any atom is 0.204 e. The van der Waals surface area contributed by atoms with Gasteiger partial charge in [0.25, 0.3) is 0 Å². The number of Topliss-reactive ketones (excluding diaryl/α,β-unsaturated/α-hetero) is 1. The van der Waals surface area contributed by atoms with E-state index >= 15 is 0 Å². The molecule has 0 aliphatic heterocycles. The number of aryl methyl sites for hydroxylation is 1. The SMILES string of the molecule is Cc1nnc2c(NCCCCCC(=O)CC(C)C)nc3cc(F)c(F)cc3n12. The lowest BCUT2D eigenvalue weighted by atomic mass is 10.0. The maximum absolute atomic E-state index is 13.7. The average molecular weight is 389 g/mol. The van der Waals surface area contributed by atoms with Gasteiger partial charge in [-0.05, 0) is 25.7 Å². The predicted octanol–water partition coefficient (Wildman–Crippen LogP) is 4.45. The van der Waals surface area contributed by atoms with Crippen molar-refractivity contribution in [2.75, 3.05) is 11.9 Å². The summed E-state index contributed by atoms with van der Waals surface area (Å²) in [6.07, 6.45) is 3.91. The molecular weight excluding hydrogens is 364 g/mol. The van der Waals surface area contributed by atoms with Gasteiger partial charge in [0.05, 0.1) is 11.0 Å².